The van der Waals surface area contributed by atoms with E-state index in [0.29, 0.717) is 5.71 Å². The molecule has 1 aromatic carbocycles. The summed E-state index contributed by atoms with van der Waals surface area (Å²) in [7, 11) is 0. The minimum Gasteiger partial charge on any atom is -0.272 e. The van der Waals surface area contributed by atoms with E-state index in [0.717, 1.165) is 22.7 Å². The molecule has 0 saturated heterocycles. The molecule has 0 spiro atoms. The maximum absolute atomic E-state index is 13.9. The van der Waals surface area contributed by atoms with E-state index in [1.54, 1.807) is 23.0 Å². The second kappa shape index (κ2) is 5.12. The molecule has 0 N–H and O–H groups in total. The largest absolute Gasteiger partial charge is 0.272 e. The van der Waals surface area contributed by atoms with Gasteiger partial charge in [0, 0.05) is 18.3 Å². The summed E-state index contributed by atoms with van der Waals surface area (Å²) in [5, 5.41) is 9.57. The molecular formula is C15H15FN4O. The fourth-order valence-corrected chi connectivity index (χ4v) is 2.25. The molecule has 2 heterocycles. The molecule has 0 bridgehead atoms. The van der Waals surface area contributed by atoms with Crippen LogP contribution in [-0.4, -0.2) is 21.4 Å². The average Bonchev–Trinajstić information content (AvgIpc) is 3.08. The van der Waals surface area contributed by atoms with Gasteiger partial charge in [0.2, 0.25) is 0 Å². The molecule has 0 atom stereocenters. The van der Waals surface area contributed by atoms with Crippen LogP contribution in [0.2, 0.25) is 0 Å². The SMILES string of the molecule is CCn1cc(C2=NN(c3cc(C)ccc3F)C(=O)C2)cn1. The van der Waals surface area contributed by atoms with Gasteiger partial charge in [0.1, 0.15) is 11.5 Å². The molecule has 1 aliphatic heterocycles. The number of hydrogen-bond acceptors (Lipinski definition) is 3. The van der Waals surface area contributed by atoms with Crippen LogP contribution >= 0.6 is 0 Å². The highest BCUT2D eigenvalue weighted by Gasteiger charge is 2.28. The summed E-state index contributed by atoms with van der Waals surface area (Å²) in [5.74, 6) is -0.693. The first kappa shape index (κ1) is 13.5. The van der Waals surface area contributed by atoms with Gasteiger partial charge in [0.05, 0.1) is 18.3 Å². The molecule has 0 unspecified atom stereocenters. The van der Waals surface area contributed by atoms with Crippen molar-refractivity contribution in [3.05, 3.63) is 47.5 Å². The molecule has 21 heavy (non-hydrogen) atoms. The number of amides is 1. The van der Waals surface area contributed by atoms with Crippen molar-refractivity contribution in [3.63, 3.8) is 0 Å². The quantitative estimate of drug-likeness (QED) is 0.870. The summed E-state index contributed by atoms with van der Waals surface area (Å²) in [6, 6.07) is 4.63. The third kappa shape index (κ3) is 2.44. The Bertz CT molecular complexity index is 735. The number of aromatic nitrogens is 2. The zero-order valence-corrected chi connectivity index (χ0v) is 11.9. The fourth-order valence-electron chi connectivity index (χ4n) is 2.25. The summed E-state index contributed by atoms with van der Waals surface area (Å²) in [4.78, 5) is 12.1. The van der Waals surface area contributed by atoms with Crippen molar-refractivity contribution in [2.24, 2.45) is 5.10 Å². The van der Waals surface area contributed by atoms with Gasteiger partial charge in [-0.05, 0) is 31.5 Å². The van der Waals surface area contributed by atoms with Crippen molar-refractivity contribution in [1.82, 2.24) is 9.78 Å². The van der Waals surface area contributed by atoms with Crippen molar-refractivity contribution < 1.29 is 9.18 Å². The number of carbonyl (C=O) groups is 1. The second-order valence-electron chi connectivity index (χ2n) is 4.97. The summed E-state index contributed by atoms with van der Waals surface area (Å²) in [6.07, 6.45) is 3.66. The van der Waals surface area contributed by atoms with Gasteiger partial charge in [-0.15, -0.1) is 0 Å². The van der Waals surface area contributed by atoms with Crippen LogP contribution in [0.25, 0.3) is 0 Å². The van der Waals surface area contributed by atoms with E-state index >= 15 is 0 Å². The van der Waals surface area contributed by atoms with Crippen LogP contribution in [0.1, 0.15) is 24.5 Å². The zero-order chi connectivity index (χ0) is 15.0. The lowest BCUT2D eigenvalue weighted by atomic mass is 10.1. The smallest absolute Gasteiger partial charge is 0.253 e. The van der Waals surface area contributed by atoms with E-state index in [9.17, 15) is 9.18 Å². The molecule has 1 amide bonds. The predicted octanol–water partition coefficient (Wildman–Crippen LogP) is 2.49. The number of hydrazone groups is 1. The fraction of sp³-hybridized carbons (Fsp3) is 0.267. The highest BCUT2D eigenvalue weighted by Crippen LogP contribution is 2.26. The lowest BCUT2D eigenvalue weighted by Gasteiger charge is -2.13. The standard InChI is InChI=1S/C15H15FN4O/c1-3-19-9-11(8-17-19)13-7-15(21)20(18-13)14-6-10(2)4-5-12(14)16/h4-6,8-9H,3,7H2,1-2H3. The average molecular weight is 286 g/mol. The van der Waals surface area contributed by atoms with Crippen molar-refractivity contribution >= 4 is 17.3 Å². The molecule has 0 aliphatic carbocycles. The number of anilines is 1. The van der Waals surface area contributed by atoms with Gasteiger partial charge in [-0.2, -0.15) is 15.2 Å². The Morgan fingerprint density at radius 3 is 2.90 bits per heavy atom. The lowest BCUT2D eigenvalue weighted by Crippen LogP contribution is -2.20. The Kier molecular flexibility index (Phi) is 3.29. The molecule has 5 nitrogen and oxygen atoms in total. The summed E-state index contributed by atoms with van der Waals surface area (Å²) in [5.41, 5.74) is 2.47. The van der Waals surface area contributed by atoms with Crippen molar-refractivity contribution in [1.29, 1.82) is 0 Å². The van der Waals surface area contributed by atoms with Crippen LogP contribution < -0.4 is 5.01 Å². The molecule has 1 aliphatic rings. The summed E-state index contributed by atoms with van der Waals surface area (Å²) < 4.78 is 15.7. The topological polar surface area (TPSA) is 50.5 Å². The number of rotatable bonds is 3. The van der Waals surface area contributed by atoms with Crippen molar-refractivity contribution in [3.8, 4) is 0 Å². The number of benzene rings is 1. The molecule has 0 fully saturated rings. The van der Waals surface area contributed by atoms with E-state index in [4.69, 9.17) is 0 Å². The highest BCUT2D eigenvalue weighted by atomic mass is 19.1. The van der Waals surface area contributed by atoms with E-state index in [1.807, 2.05) is 20.0 Å². The van der Waals surface area contributed by atoms with E-state index < -0.39 is 5.82 Å². The Balaban J connectivity index is 1.97. The van der Waals surface area contributed by atoms with Crippen LogP contribution in [0.5, 0.6) is 0 Å². The molecule has 0 saturated carbocycles. The first-order valence-corrected chi connectivity index (χ1v) is 6.78. The summed E-state index contributed by atoms with van der Waals surface area (Å²) >= 11 is 0. The molecule has 0 radical (unpaired) electrons. The van der Waals surface area contributed by atoms with Gasteiger partial charge >= 0.3 is 0 Å². The minimum atomic E-state index is -0.455. The second-order valence-corrected chi connectivity index (χ2v) is 4.97. The van der Waals surface area contributed by atoms with Gasteiger partial charge in [0.15, 0.2) is 0 Å². The number of nitrogens with zero attached hydrogens (tertiary/aromatic N) is 4. The number of halogens is 1. The molecule has 3 rings (SSSR count). The van der Waals surface area contributed by atoms with Crippen LogP contribution in [0.15, 0.2) is 35.7 Å². The number of carbonyl (C=O) groups excluding carboxylic acids is 1. The van der Waals surface area contributed by atoms with E-state index in [2.05, 4.69) is 10.2 Å². The van der Waals surface area contributed by atoms with Gasteiger partial charge in [-0.3, -0.25) is 9.48 Å². The number of aryl methyl sites for hydroxylation is 2. The van der Waals surface area contributed by atoms with Gasteiger partial charge in [-0.25, -0.2) is 4.39 Å². The van der Waals surface area contributed by atoms with Crippen LogP contribution in [0.4, 0.5) is 10.1 Å². The van der Waals surface area contributed by atoms with Gasteiger partial charge in [-0.1, -0.05) is 6.07 Å². The number of hydrogen-bond donors (Lipinski definition) is 0. The van der Waals surface area contributed by atoms with Crippen LogP contribution in [-0.2, 0) is 11.3 Å². The normalized spacial score (nSPS) is 14.7. The first-order chi connectivity index (χ1) is 10.1. The Morgan fingerprint density at radius 1 is 1.38 bits per heavy atom. The Hall–Kier alpha value is -2.50. The Morgan fingerprint density at radius 2 is 2.19 bits per heavy atom. The van der Waals surface area contributed by atoms with Crippen LogP contribution in [0, 0.1) is 12.7 Å². The Labute approximate surface area is 121 Å². The lowest BCUT2D eigenvalue weighted by molar-refractivity contribution is -0.116. The van der Waals surface area contributed by atoms with Crippen molar-refractivity contribution in [2.45, 2.75) is 26.8 Å². The third-order valence-corrected chi connectivity index (χ3v) is 3.40. The maximum atomic E-state index is 13.9. The predicted molar refractivity (Wildman–Crippen MR) is 77.7 cm³/mol. The van der Waals surface area contributed by atoms with E-state index in [-0.39, 0.29) is 18.0 Å². The van der Waals surface area contributed by atoms with Crippen LogP contribution in [0.3, 0.4) is 0 Å². The van der Waals surface area contributed by atoms with E-state index in [1.165, 1.54) is 6.07 Å². The highest BCUT2D eigenvalue weighted by molar-refractivity contribution is 6.19. The molecular weight excluding hydrogens is 271 g/mol. The third-order valence-electron chi connectivity index (χ3n) is 3.40. The first-order valence-electron chi connectivity index (χ1n) is 6.78. The monoisotopic (exact) mass is 286 g/mol. The zero-order valence-electron chi connectivity index (χ0n) is 11.9. The molecule has 108 valence electrons. The molecule has 1 aromatic heterocycles. The minimum absolute atomic E-state index is 0.156. The summed E-state index contributed by atoms with van der Waals surface area (Å²) in [6.45, 7) is 4.57. The maximum Gasteiger partial charge on any atom is 0.253 e. The van der Waals surface area contributed by atoms with Gasteiger partial charge < -0.3 is 0 Å². The molecule has 2 aromatic rings. The van der Waals surface area contributed by atoms with Gasteiger partial charge in [0.25, 0.3) is 5.91 Å². The van der Waals surface area contributed by atoms with Crippen molar-refractivity contribution in [2.75, 3.05) is 5.01 Å². The molecule has 6 heteroatoms.